The van der Waals surface area contributed by atoms with Crippen molar-refractivity contribution in [1.82, 2.24) is 19.9 Å². The third-order valence-electron chi connectivity index (χ3n) is 4.14. The third kappa shape index (κ3) is 2.84. The monoisotopic (exact) mass is 328 g/mol. The Morgan fingerprint density at radius 3 is 3.00 bits per heavy atom. The molecule has 23 heavy (non-hydrogen) atoms. The Morgan fingerprint density at radius 1 is 1.43 bits per heavy atom. The van der Waals surface area contributed by atoms with Gasteiger partial charge in [0.25, 0.3) is 0 Å². The standard InChI is InChI=1S/C17H17ClN4O/c1-10(23)19-7-12-4-11-5-15(18)14(6-16(11)21-12)17-8-22(9-20-17)13-2-3-13/h4-6,8-9,13,21H,2-3,7H2,1H3,(H,19,23). The smallest absolute Gasteiger partial charge is 0.217 e. The van der Waals surface area contributed by atoms with Gasteiger partial charge in [-0.2, -0.15) is 0 Å². The number of H-pyrrole nitrogens is 1. The molecule has 118 valence electrons. The van der Waals surface area contributed by atoms with Crippen molar-refractivity contribution in [2.75, 3.05) is 0 Å². The molecule has 0 radical (unpaired) electrons. The van der Waals surface area contributed by atoms with E-state index in [9.17, 15) is 4.79 Å². The lowest BCUT2D eigenvalue weighted by molar-refractivity contribution is -0.119. The first kappa shape index (κ1) is 14.3. The van der Waals surface area contributed by atoms with Crippen LogP contribution in [0, 0.1) is 0 Å². The number of halogens is 1. The van der Waals surface area contributed by atoms with Gasteiger partial charge in [0.1, 0.15) is 0 Å². The van der Waals surface area contributed by atoms with Crippen LogP contribution in [0.2, 0.25) is 5.02 Å². The maximum absolute atomic E-state index is 11.0. The van der Waals surface area contributed by atoms with Crippen molar-refractivity contribution in [3.63, 3.8) is 0 Å². The fraction of sp³-hybridized carbons (Fsp3) is 0.294. The summed E-state index contributed by atoms with van der Waals surface area (Å²) in [7, 11) is 0. The lowest BCUT2D eigenvalue weighted by atomic mass is 10.1. The first-order valence-corrected chi connectivity index (χ1v) is 8.07. The van der Waals surface area contributed by atoms with Crippen molar-refractivity contribution in [2.24, 2.45) is 0 Å². The minimum absolute atomic E-state index is 0.0482. The number of nitrogens with one attached hydrogen (secondary N) is 2. The Labute approximate surface area is 138 Å². The van der Waals surface area contributed by atoms with Crippen LogP contribution in [0.1, 0.15) is 31.5 Å². The van der Waals surface area contributed by atoms with Gasteiger partial charge in [-0.1, -0.05) is 11.6 Å². The summed E-state index contributed by atoms with van der Waals surface area (Å²) in [6, 6.07) is 6.57. The Hall–Kier alpha value is -2.27. The number of rotatable bonds is 4. The van der Waals surface area contributed by atoms with Gasteiger partial charge >= 0.3 is 0 Å². The summed E-state index contributed by atoms with van der Waals surface area (Å²) >= 11 is 6.45. The van der Waals surface area contributed by atoms with Crippen LogP contribution in [0.25, 0.3) is 22.2 Å². The molecule has 0 unspecified atom stereocenters. The average Bonchev–Trinajstić information content (AvgIpc) is 3.11. The Bertz CT molecular complexity index is 891. The topological polar surface area (TPSA) is 62.7 Å². The summed E-state index contributed by atoms with van der Waals surface area (Å²) in [5, 5.41) is 4.50. The number of fused-ring (bicyclic) bond motifs is 1. The summed E-state index contributed by atoms with van der Waals surface area (Å²) in [6.07, 6.45) is 6.40. The zero-order valence-corrected chi connectivity index (χ0v) is 13.5. The van der Waals surface area contributed by atoms with E-state index in [1.165, 1.54) is 19.8 Å². The van der Waals surface area contributed by atoms with E-state index in [4.69, 9.17) is 11.6 Å². The molecule has 6 heteroatoms. The molecule has 2 heterocycles. The number of nitrogens with zero attached hydrogens (tertiary/aromatic N) is 2. The Balaban J connectivity index is 1.68. The zero-order valence-electron chi connectivity index (χ0n) is 12.8. The molecule has 1 aromatic carbocycles. The Morgan fingerprint density at radius 2 is 2.26 bits per heavy atom. The average molecular weight is 329 g/mol. The van der Waals surface area contributed by atoms with Crippen LogP contribution in [0.5, 0.6) is 0 Å². The lowest BCUT2D eigenvalue weighted by Crippen LogP contribution is -2.18. The summed E-state index contributed by atoms with van der Waals surface area (Å²) in [5.41, 5.74) is 3.76. The first-order chi connectivity index (χ1) is 11.1. The second-order valence-electron chi connectivity index (χ2n) is 6.06. The van der Waals surface area contributed by atoms with Crippen molar-refractivity contribution < 1.29 is 4.79 Å². The van der Waals surface area contributed by atoms with E-state index < -0.39 is 0 Å². The summed E-state index contributed by atoms with van der Waals surface area (Å²) in [6.45, 7) is 1.99. The highest BCUT2D eigenvalue weighted by atomic mass is 35.5. The summed E-state index contributed by atoms with van der Waals surface area (Å²) in [4.78, 5) is 18.8. The predicted molar refractivity (Wildman–Crippen MR) is 90.3 cm³/mol. The molecular formula is C17H17ClN4O. The van der Waals surface area contributed by atoms with E-state index in [1.54, 1.807) is 0 Å². The van der Waals surface area contributed by atoms with Gasteiger partial charge in [-0.3, -0.25) is 4.79 Å². The highest BCUT2D eigenvalue weighted by Crippen LogP contribution is 2.37. The predicted octanol–water partition coefficient (Wildman–Crippen LogP) is 3.66. The number of aromatic amines is 1. The van der Waals surface area contributed by atoms with Gasteiger partial charge in [0.2, 0.25) is 5.91 Å². The molecule has 0 saturated heterocycles. The molecule has 0 bridgehead atoms. The normalized spacial score (nSPS) is 14.3. The van der Waals surface area contributed by atoms with Crippen LogP contribution in [-0.4, -0.2) is 20.4 Å². The molecule has 3 aromatic rings. The molecule has 1 saturated carbocycles. The molecule has 5 nitrogen and oxygen atoms in total. The lowest BCUT2D eigenvalue weighted by Gasteiger charge is -2.02. The van der Waals surface area contributed by atoms with Gasteiger partial charge in [-0.05, 0) is 31.0 Å². The largest absolute Gasteiger partial charge is 0.357 e. The van der Waals surface area contributed by atoms with E-state index in [2.05, 4.69) is 26.0 Å². The molecule has 1 aliphatic carbocycles. The summed E-state index contributed by atoms with van der Waals surface area (Å²) < 4.78 is 2.16. The van der Waals surface area contributed by atoms with Crippen LogP contribution in [0.4, 0.5) is 0 Å². The van der Waals surface area contributed by atoms with Crippen molar-refractivity contribution >= 4 is 28.4 Å². The van der Waals surface area contributed by atoms with Crippen molar-refractivity contribution in [1.29, 1.82) is 0 Å². The van der Waals surface area contributed by atoms with Gasteiger partial charge in [0.15, 0.2) is 0 Å². The number of carbonyl (C=O) groups excluding carboxylic acids is 1. The van der Waals surface area contributed by atoms with E-state index in [-0.39, 0.29) is 5.91 Å². The molecule has 2 N–H and O–H groups in total. The Kier molecular flexibility index (Phi) is 3.38. The van der Waals surface area contributed by atoms with Crippen LogP contribution >= 0.6 is 11.6 Å². The van der Waals surface area contributed by atoms with Crippen molar-refractivity contribution in [3.8, 4) is 11.3 Å². The third-order valence-corrected chi connectivity index (χ3v) is 4.45. The highest BCUT2D eigenvalue weighted by molar-refractivity contribution is 6.34. The molecule has 1 amide bonds. The van der Waals surface area contributed by atoms with Crippen molar-refractivity contribution in [3.05, 3.63) is 41.4 Å². The quantitative estimate of drug-likeness (QED) is 0.767. The number of hydrogen-bond acceptors (Lipinski definition) is 2. The number of amides is 1. The minimum atomic E-state index is -0.0482. The van der Waals surface area contributed by atoms with Gasteiger partial charge in [-0.25, -0.2) is 4.98 Å². The molecule has 0 aliphatic heterocycles. The first-order valence-electron chi connectivity index (χ1n) is 7.69. The number of imidazole rings is 1. The van der Waals surface area contributed by atoms with E-state index in [0.29, 0.717) is 17.6 Å². The van der Waals surface area contributed by atoms with Crippen molar-refractivity contribution in [2.45, 2.75) is 32.4 Å². The maximum Gasteiger partial charge on any atom is 0.217 e. The molecule has 2 aromatic heterocycles. The molecule has 0 spiro atoms. The van der Waals surface area contributed by atoms with Gasteiger partial charge in [-0.15, -0.1) is 0 Å². The molecular weight excluding hydrogens is 312 g/mol. The van der Waals surface area contributed by atoms with E-state index in [0.717, 1.165) is 27.9 Å². The van der Waals surface area contributed by atoms with Gasteiger partial charge < -0.3 is 14.9 Å². The van der Waals surface area contributed by atoms with Gasteiger partial charge in [0.05, 0.1) is 23.6 Å². The molecule has 1 fully saturated rings. The van der Waals surface area contributed by atoms with E-state index >= 15 is 0 Å². The second kappa shape index (κ2) is 5.42. The van der Waals surface area contributed by atoms with E-state index in [1.807, 2.05) is 24.5 Å². The number of aromatic nitrogens is 3. The molecule has 0 atom stereocenters. The summed E-state index contributed by atoms with van der Waals surface area (Å²) in [5.74, 6) is -0.0482. The zero-order chi connectivity index (χ0) is 16.0. The van der Waals surface area contributed by atoms with Crippen LogP contribution < -0.4 is 5.32 Å². The van der Waals surface area contributed by atoms with Crippen LogP contribution in [0.15, 0.2) is 30.7 Å². The minimum Gasteiger partial charge on any atom is -0.357 e. The number of benzene rings is 1. The fourth-order valence-corrected chi connectivity index (χ4v) is 3.04. The SMILES string of the molecule is CC(=O)NCc1cc2cc(Cl)c(-c3cn(C4CC4)cn3)cc2[nH]1. The highest BCUT2D eigenvalue weighted by Gasteiger charge is 2.23. The van der Waals surface area contributed by atoms with Gasteiger partial charge in [0, 0.05) is 41.3 Å². The fourth-order valence-electron chi connectivity index (χ4n) is 2.77. The second-order valence-corrected chi connectivity index (χ2v) is 6.47. The maximum atomic E-state index is 11.0. The molecule has 4 rings (SSSR count). The molecule has 1 aliphatic rings. The number of carbonyl (C=O) groups is 1. The van der Waals surface area contributed by atoms with Crippen LogP contribution in [-0.2, 0) is 11.3 Å². The van der Waals surface area contributed by atoms with Crippen LogP contribution in [0.3, 0.4) is 0 Å². The number of hydrogen-bond donors (Lipinski definition) is 2.